The summed E-state index contributed by atoms with van der Waals surface area (Å²) in [6.07, 6.45) is 2.09. The van der Waals surface area contributed by atoms with Crippen LogP contribution in [0.2, 0.25) is 4.47 Å². The Morgan fingerprint density at radius 1 is 1.20 bits per heavy atom. The van der Waals surface area contributed by atoms with Gasteiger partial charge in [0.15, 0.2) is 0 Å². The first-order chi connectivity index (χ1) is 7.33. The van der Waals surface area contributed by atoms with Crippen molar-refractivity contribution in [2.75, 3.05) is 0 Å². The zero-order valence-corrected chi connectivity index (χ0v) is 9.55. The van der Waals surface area contributed by atoms with Gasteiger partial charge < -0.3 is 0 Å². The predicted molar refractivity (Wildman–Crippen MR) is 61.5 cm³/mol. The second-order valence-electron chi connectivity index (χ2n) is 3.78. The molecular weight excluding hydrogens is 228 g/mol. The summed E-state index contributed by atoms with van der Waals surface area (Å²) < 4.78 is 4.82. The van der Waals surface area contributed by atoms with Gasteiger partial charge in [0.05, 0.1) is 0 Å². The molecule has 15 heavy (non-hydrogen) atoms. The van der Waals surface area contributed by atoms with Crippen molar-refractivity contribution in [2.45, 2.75) is 18.8 Å². The summed E-state index contributed by atoms with van der Waals surface area (Å²) in [7, 11) is 0. The van der Waals surface area contributed by atoms with Crippen molar-refractivity contribution in [3.8, 4) is 0 Å². The summed E-state index contributed by atoms with van der Waals surface area (Å²) in [4.78, 5) is 4.25. The largest absolute Gasteiger partial charge is 0.208 e. The maximum absolute atomic E-state index is 5.80. The zero-order chi connectivity index (χ0) is 10.3. The summed E-state index contributed by atoms with van der Waals surface area (Å²) in [5, 5.41) is 0. The maximum Gasteiger partial charge on any atom is 0.203 e. The highest BCUT2D eigenvalue weighted by Crippen LogP contribution is 2.33. The highest BCUT2D eigenvalue weighted by atomic mass is 35.5. The van der Waals surface area contributed by atoms with E-state index in [2.05, 4.69) is 33.6 Å². The highest BCUT2D eigenvalue weighted by molar-refractivity contribution is 7.10. The van der Waals surface area contributed by atoms with Crippen LogP contribution < -0.4 is 0 Å². The first-order valence-electron chi connectivity index (χ1n) is 4.89. The van der Waals surface area contributed by atoms with Crippen molar-refractivity contribution >= 4 is 23.1 Å². The molecule has 0 radical (unpaired) electrons. The maximum atomic E-state index is 5.80. The van der Waals surface area contributed by atoms with E-state index in [4.69, 9.17) is 11.6 Å². The third-order valence-corrected chi connectivity index (χ3v) is 3.64. The Morgan fingerprint density at radius 2 is 1.87 bits per heavy atom. The van der Waals surface area contributed by atoms with Gasteiger partial charge in [-0.2, -0.15) is 4.37 Å². The molecule has 0 N–H and O–H groups in total. The zero-order valence-electron chi connectivity index (χ0n) is 7.98. The van der Waals surface area contributed by atoms with Crippen molar-refractivity contribution in [1.29, 1.82) is 0 Å². The second-order valence-corrected chi connectivity index (χ2v) is 5.11. The molecular formula is C11H9ClN2S. The Hall–Kier alpha value is -0.930. The summed E-state index contributed by atoms with van der Waals surface area (Å²) in [5.41, 5.74) is 2.85. The number of rotatable bonds is 1. The van der Waals surface area contributed by atoms with Crippen LogP contribution in [-0.2, 0) is 12.8 Å². The van der Waals surface area contributed by atoms with E-state index in [0.717, 1.165) is 18.7 Å². The lowest BCUT2D eigenvalue weighted by molar-refractivity contribution is 0.697. The van der Waals surface area contributed by atoms with Crippen LogP contribution in [0.1, 0.15) is 22.9 Å². The molecule has 0 atom stereocenters. The predicted octanol–water partition coefficient (Wildman–Crippen LogP) is 3.07. The van der Waals surface area contributed by atoms with E-state index >= 15 is 0 Å². The van der Waals surface area contributed by atoms with Crippen LogP contribution in [0.15, 0.2) is 24.3 Å². The fourth-order valence-corrected chi connectivity index (χ4v) is 2.81. The van der Waals surface area contributed by atoms with Crippen LogP contribution in [0.5, 0.6) is 0 Å². The topological polar surface area (TPSA) is 25.8 Å². The van der Waals surface area contributed by atoms with Gasteiger partial charge in [-0.25, -0.2) is 4.98 Å². The van der Waals surface area contributed by atoms with Crippen LogP contribution in [-0.4, -0.2) is 9.36 Å². The van der Waals surface area contributed by atoms with Gasteiger partial charge >= 0.3 is 0 Å². The number of aromatic nitrogens is 2. The molecule has 1 aliphatic rings. The van der Waals surface area contributed by atoms with Crippen LogP contribution in [0.25, 0.3) is 0 Å². The number of hydrogen-bond acceptors (Lipinski definition) is 3. The van der Waals surface area contributed by atoms with Crippen LogP contribution >= 0.6 is 23.1 Å². The standard InChI is InChI=1S/C11H9ClN2S/c12-11-13-10(14-15-11)9-5-7-3-1-2-4-8(7)6-9/h1-4,9H,5-6H2. The van der Waals surface area contributed by atoms with Gasteiger partial charge in [0.1, 0.15) is 5.82 Å². The smallest absolute Gasteiger partial charge is 0.203 e. The SMILES string of the molecule is Clc1nc(C2Cc3ccccc3C2)ns1. The van der Waals surface area contributed by atoms with E-state index in [1.54, 1.807) is 0 Å². The quantitative estimate of drug-likeness (QED) is 0.761. The summed E-state index contributed by atoms with van der Waals surface area (Å²) in [5.74, 6) is 1.33. The molecule has 2 aromatic rings. The lowest BCUT2D eigenvalue weighted by atomic mass is 10.1. The highest BCUT2D eigenvalue weighted by Gasteiger charge is 2.25. The molecule has 0 spiro atoms. The van der Waals surface area contributed by atoms with Crippen LogP contribution in [0.3, 0.4) is 0 Å². The van der Waals surface area contributed by atoms with Gasteiger partial charge in [-0.15, -0.1) is 0 Å². The molecule has 0 saturated carbocycles. The third-order valence-electron chi connectivity index (χ3n) is 2.83. The molecule has 0 unspecified atom stereocenters. The number of halogens is 1. The molecule has 76 valence electrons. The van der Waals surface area contributed by atoms with Crippen molar-refractivity contribution < 1.29 is 0 Å². The summed E-state index contributed by atoms with van der Waals surface area (Å²) >= 11 is 7.07. The van der Waals surface area contributed by atoms with Gasteiger partial charge in [0, 0.05) is 5.92 Å². The minimum atomic E-state index is 0.422. The fourth-order valence-electron chi connectivity index (χ4n) is 2.12. The van der Waals surface area contributed by atoms with E-state index in [0.29, 0.717) is 10.4 Å². The normalized spacial score (nSPS) is 15.5. The Bertz CT molecular complexity index is 470. The van der Waals surface area contributed by atoms with Crippen LogP contribution in [0, 0.1) is 0 Å². The molecule has 0 bridgehead atoms. The van der Waals surface area contributed by atoms with Gasteiger partial charge in [0.2, 0.25) is 4.47 Å². The molecule has 0 saturated heterocycles. The minimum absolute atomic E-state index is 0.422. The Morgan fingerprint density at radius 3 is 2.40 bits per heavy atom. The molecule has 0 fully saturated rings. The molecule has 4 heteroatoms. The summed E-state index contributed by atoms with van der Waals surface area (Å²) in [6.45, 7) is 0. The number of nitrogens with zero attached hydrogens (tertiary/aromatic N) is 2. The monoisotopic (exact) mass is 236 g/mol. The van der Waals surface area contributed by atoms with Crippen molar-refractivity contribution in [2.24, 2.45) is 0 Å². The number of benzene rings is 1. The number of fused-ring (bicyclic) bond motifs is 1. The van der Waals surface area contributed by atoms with Crippen LogP contribution in [0.4, 0.5) is 0 Å². The van der Waals surface area contributed by atoms with Gasteiger partial charge in [-0.05, 0) is 47.1 Å². The first kappa shape index (κ1) is 9.31. The Balaban J connectivity index is 1.90. The lowest BCUT2D eigenvalue weighted by Gasteiger charge is -2.01. The molecule has 3 rings (SSSR count). The third kappa shape index (κ3) is 1.66. The van der Waals surface area contributed by atoms with Crippen molar-refractivity contribution in [3.63, 3.8) is 0 Å². The van der Waals surface area contributed by atoms with E-state index in [1.165, 1.54) is 22.7 Å². The molecule has 1 aromatic heterocycles. The molecule has 1 heterocycles. The Kier molecular flexibility index (Phi) is 2.22. The molecule has 1 aliphatic carbocycles. The van der Waals surface area contributed by atoms with Crippen molar-refractivity contribution in [3.05, 3.63) is 45.7 Å². The van der Waals surface area contributed by atoms with E-state index in [-0.39, 0.29) is 0 Å². The molecule has 0 amide bonds. The van der Waals surface area contributed by atoms with E-state index < -0.39 is 0 Å². The average molecular weight is 237 g/mol. The molecule has 1 aromatic carbocycles. The minimum Gasteiger partial charge on any atom is -0.208 e. The fraction of sp³-hybridized carbons (Fsp3) is 0.273. The first-order valence-corrected chi connectivity index (χ1v) is 6.04. The Labute approximate surface area is 97.1 Å². The summed E-state index contributed by atoms with van der Waals surface area (Å²) in [6, 6.07) is 8.54. The molecule has 0 aliphatic heterocycles. The van der Waals surface area contributed by atoms with E-state index in [1.807, 2.05) is 0 Å². The number of hydrogen-bond donors (Lipinski definition) is 0. The lowest BCUT2D eigenvalue weighted by Crippen LogP contribution is -1.99. The van der Waals surface area contributed by atoms with Gasteiger partial charge in [0.25, 0.3) is 0 Å². The molecule has 2 nitrogen and oxygen atoms in total. The van der Waals surface area contributed by atoms with E-state index in [9.17, 15) is 0 Å². The van der Waals surface area contributed by atoms with Gasteiger partial charge in [-0.1, -0.05) is 24.3 Å². The second kappa shape index (κ2) is 3.58. The van der Waals surface area contributed by atoms with Gasteiger partial charge in [-0.3, -0.25) is 0 Å². The average Bonchev–Trinajstić information content (AvgIpc) is 2.82. The van der Waals surface area contributed by atoms with Crippen molar-refractivity contribution in [1.82, 2.24) is 9.36 Å².